The molecule has 0 radical (unpaired) electrons. The van der Waals surface area contributed by atoms with Crippen molar-refractivity contribution in [3.63, 3.8) is 0 Å². The molecule has 0 spiro atoms. The van der Waals surface area contributed by atoms with Gasteiger partial charge in [-0.1, -0.05) is 0 Å². The summed E-state index contributed by atoms with van der Waals surface area (Å²) in [6, 6.07) is 12.7. The van der Waals surface area contributed by atoms with Crippen LogP contribution in [0.5, 0.6) is 0 Å². The smallest absolute Gasteiger partial charge is 0.255 e. The second-order valence-electron chi connectivity index (χ2n) is 7.30. The zero-order valence-corrected chi connectivity index (χ0v) is 16.5. The fourth-order valence-electron chi connectivity index (χ4n) is 3.86. The maximum Gasteiger partial charge on any atom is 0.255 e. The van der Waals surface area contributed by atoms with Crippen molar-refractivity contribution in [1.29, 1.82) is 0 Å². The van der Waals surface area contributed by atoms with Crippen LogP contribution in [0.4, 0.5) is 4.39 Å². The van der Waals surface area contributed by atoms with E-state index in [0.29, 0.717) is 41.0 Å². The molecule has 0 saturated heterocycles. The first-order valence-corrected chi connectivity index (χ1v) is 9.83. The van der Waals surface area contributed by atoms with Crippen molar-refractivity contribution >= 4 is 5.91 Å². The molecule has 4 heterocycles. The third kappa shape index (κ3) is 3.59. The minimum atomic E-state index is -2.37. The summed E-state index contributed by atoms with van der Waals surface area (Å²) >= 11 is 0. The molecule has 0 N–H and O–H groups in total. The zero-order chi connectivity index (χ0) is 23.9. The van der Waals surface area contributed by atoms with Crippen LogP contribution in [0.1, 0.15) is 25.9 Å². The van der Waals surface area contributed by atoms with Crippen molar-refractivity contribution in [1.82, 2.24) is 24.6 Å². The van der Waals surface area contributed by atoms with E-state index in [1.807, 2.05) is 4.68 Å². The predicted molar refractivity (Wildman–Crippen MR) is 115 cm³/mol. The second-order valence-corrected chi connectivity index (χ2v) is 7.30. The van der Waals surface area contributed by atoms with Crippen LogP contribution in [0.2, 0.25) is 0 Å². The number of rotatable bonds is 3. The number of carbonyl (C=O) groups excluding carboxylic acids is 1. The second kappa shape index (κ2) is 7.75. The van der Waals surface area contributed by atoms with Gasteiger partial charge >= 0.3 is 0 Å². The Balaban J connectivity index is 1.63. The molecular weight excluding hydrogens is 393 g/mol. The van der Waals surface area contributed by atoms with E-state index in [2.05, 4.69) is 9.97 Å². The molecule has 5 rings (SSSR count). The third-order valence-corrected chi connectivity index (χ3v) is 5.34. The van der Waals surface area contributed by atoms with E-state index in [1.54, 1.807) is 41.4 Å². The zero-order valence-electron chi connectivity index (χ0n) is 19.5. The minimum Gasteiger partial charge on any atom is -0.331 e. The molecule has 7 heteroatoms. The highest BCUT2D eigenvalue weighted by atomic mass is 19.1. The lowest BCUT2D eigenvalue weighted by molar-refractivity contribution is 0.0706. The van der Waals surface area contributed by atoms with Crippen molar-refractivity contribution in [3.05, 3.63) is 89.9 Å². The lowest BCUT2D eigenvalue weighted by atomic mass is 9.98. The van der Waals surface area contributed by atoms with Gasteiger partial charge in [-0.2, -0.15) is 5.10 Å². The SMILES string of the molecule is [2H]C([2H])([2H])c1cc(-c2c(-c3ccc(F)cc3)nn3c2CN(C(=O)c2cccnc2)CC3)ccn1. The summed E-state index contributed by atoms with van der Waals surface area (Å²) in [5, 5.41) is 4.77. The summed E-state index contributed by atoms with van der Waals surface area (Å²) in [6.45, 7) is -1.17. The molecule has 0 aliphatic carbocycles. The van der Waals surface area contributed by atoms with Gasteiger partial charge in [0.2, 0.25) is 0 Å². The maximum absolute atomic E-state index is 13.6. The number of benzene rings is 1. The van der Waals surface area contributed by atoms with Crippen molar-refractivity contribution in [2.24, 2.45) is 0 Å². The predicted octanol–water partition coefficient (Wildman–Crippen LogP) is 4.11. The molecule has 3 aromatic heterocycles. The number of aromatic nitrogens is 4. The number of nitrogens with zero attached hydrogens (tertiary/aromatic N) is 5. The van der Waals surface area contributed by atoms with Gasteiger partial charge in [0.15, 0.2) is 0 Å². The molecule has 0 saturated carbocycles. The normalized spacial score (nSPS) is 15.0. The average Bonchev–Trinajstić information content (AvgIpc) is 3.23. The van der Waals surface area contributed by atoms with E-state index >= 15 is 0 Å². The molecule has 154 valence electrons. The van der Waals surface area contributed by atoms with Gasteiger partial charge < -0.3 is 4.90 Å². The Bertz CT molecular complexity index is 1350. The Labute approximate surface area is 183 Å². The van der Waals surface area contributed by atoms with Crippen LogP contribution in [0.3, 0.4) is 0 Å². The topological polar surface area (TPSA) is 63.9 Å². The molecule has 0 bridgehead atoms. The molecule has 0 atom stereocenters. The summed E-state index contributed by atoms with van der Waals surface area (Å²) < 4.78 is 38.7. The number of amides is 1. The van der Waals surface area contributed by atoms with Gasteiger partial charge in [0.1, 0.15) is 11.5 Å². The van der Waals surface area contributed by atoms with E-state index in [0.717, 1.165) is 5.69 Å². The van der Waals surface area contributed by atoms with Crippen LogP contribution in [0, 0.1) is 12.7 Å². The Morgan fingerprint density at radius 2 is 1.97 bits per heavy atom. The molecule has 1 aliphatic heterocycles. The van der Waals surface area contributed by atoms with Crippen LogP contribution >= 0.6 is 0 Å². The number of hydrogen-bond acceptors (Lipinski definition) is 4. The quantitative estimate of drug-likeness (QED) is 0.504. The molecule has 4 aromatic rings. The first kappa shape index (κ1) is 15.9. The number of hydrogen-bond donors (Lipinski definition) is 0. The van der Waals surface area contributed by atoms with Crippen molar-refractivity contribution in [2.45, 2.75) is 19.9 Å². The molecule has 1 aliphatic rings. The van der Waals surface area contributed by atoms with Crippen molar-refractivity contribution in [2.75, 3.05) is 6.54 Å². The number of halogens is 1. The fraction of sp³-hybridized carbons (Fsp3) is 0.167. The molecule has 31 heavy (non-hydrogen) atoms. The van der Waals surface area contributed by atoms with Crippen molar-refractivity contribution < 1.29 is 13.3 Å². The average molecular weight is 416 g/mol. The van der Waals surface area contributed by atoms with Crippen LogP contribution in [-0.4, -0.2) is 37.1 Å². The van der Waals surface area contributed by atoms with Crippen LogP contribution in [0.15, 0.2) is 67.1 Å². The number of pyridine rings is 2. The molecule has 0 unspecified atom stereocenters. The number of carbonyl (C=O) groups is 1. The van der Waals surface area contributed by atoms with Gasteiger partial charge in [-0.25, -0.2) is 4.39 Å². The standard InChI is InChI=1S/C24H20FN5O/c1-16-13-18(8-10-27-16)22-21-15-29(24(31)19-3-2-9-26-14-19)11-12-30(21)28-23(22)17-4-6-20(25)7-5-17/h2-10,13-14H,11-12,15H2,1H3/i1D3. The fourth-order valence-corrected chi connectivity index (χ4v) is 3.86. The Morgan fingerprint density at radius 3 is 2.74 bits per heavy atom. The van der Waals surface area contributed by atoms with E-state index in [4.69, 9.17) is 9.21 Å². The summed E-state index contributed by atoms with van der Waals surface area (Å²) in [6.07, 6.45) is 4.60. The van der Waals surface area contributed by atoms with Gasteiger partial charge in [0, 0.05) is 46.1 Å². The molecule has 1 aromatic carbocycles. The van der Waals surface area contributed by atoms with Crippen LogP contribution < -0.4 is 0 Å². The summed E-state index contributed by atoms with van der Waals surface area (Å²) in [4.78, 5) is 22.9. The van der Waals surface area contributed by atoms with E-state index in [9.17, 15) is 9.18 Å². The largest absolute Gasteiger partial charge is 0.331 e. The number of fused-ring (bicyclic) bond motifs is 1. The summed E-state index contributed by atoms with van der Waals surface area (Å²) in [5.74, 6) is -0.510. The van der Waals surface area contributed by atoms with Crippen molar-refractivity contribution in [3.8, 4) is 22.4 Å². The van der Waals surface area contributed by atoms with Gasteiger partial charge in [-0.3, -0.25) is 19.4 Å². The molecule has 6 nitrogen and oxygen atoms in total. The van der Waals surface area contributed by atoms with E-state index in [-0.39, 0.29) is 24.0 Å². The first-order valence-electron chi connectivity index (χ1n) is 11.3. The summed E-state index contributed by atoms with van der Waals surface area (Å²) in [5.41, 5.74) is 3.83. The first-order chi connectivity index (χ1) is 16.3. The Kier molecular flexibility index (Phi) is 3.98. The monoisotopic (exact) mass is 416 g/mol. The Hall–Kier alpha value is -3.87. The van der Waals surface area contributed by atoms with Crippen LogP contribution in [0.25, 0.3) is 22.4 Å². The van der Waals surface area contributed by atoms with Gasteiger partial charge in [0.25, 0.3) is 5.91 Å². The third-order valence-electron chi connectivity index (χ3n) is 5.34. The lowest BCUT2D eigenvalue weighted by Crippen LogP contribution is -2.38. The van der Waals surface area contributed by atoms with E-state index in [1.165, 1.54) is 30.6 Å². The maximum atomic E-state index is 13.6. The minimum absolute atomic E-state index is 0.0332. The molecular formula is C24H20FN5O. The molecule has 0 fully saturated rings. The highest BCUT2D eigenvalue weighted by Gasteiger charge is 2.28. The lowest BCUT2D eigenvalue weighted by Gasteiger charge is -2.28. The number of aryl methyl sites for hydroxylation is 1. The highest BCUT2D eigenvalue weighted by Crippen LogP contribution is 2.36. The highest BCUT2D eigenvalue weighted by molar-refractivity contribution is 5.94. The molecule has 1 amide bonds. The van der Waals surface area contributed by atoms with E-state index < -0.39 is 6.85 Å². The van der Waals surface area contributed by atoms with Crippen LogP contribution in [-0.2, 0) is 13.1 Å². The van der Waals surface area contributed by atoms with Gasteiger partial charge in [0.05, 0.1) is 24.3 Å². The Morgan fingerprint density at radius 1 is 1.10 bits per heavy atom. The summed E-state index contributed by atoms with van der Waals surface area (Å²) in [7, 11) is 0. The van der Waals surface area contributed by atoms with Gasteiger partial charge in [-0.05, 0) is 60.9 Å². The van der Waals surface area contributed by atoms with Gasteiger partial charge in [-0.15, -0.1) is 0 Å².